The van der Waals surface area contributed by atoms with Gasteiger partial charge in [-0.25, -0.2) is 0 Å². The molecular weight excluding hydrogens is 170 g/mol. The molecule has 2 rings (SSSR count). The lowest BCUT2D eigenvalue weighted by Gasteiger charge is -2.08. The third kappa shape index (κ3) is 1.18. The number of nitrogen functional groups attached to an aromatic ring is 1. The summed E-state index contributed by atoms with van der Waals surface area (Å²) in [7, 11) is 0. The van der Waals surface area contributed by atoms with Gasteiger partial charge in [0.1, 0.15) is 0 Å². The Balaban J connectivity index is 2.94. The maximum Gasteiger partial charge on any atom is 0.0399 e. The zero-order valence-electron chi connectivity index (χ0n) is 8.25. The van der Waals surface area contributed by atoms with Crippen molar-refractivity contribution >= 4 is 22.5 Å². The maximum absolute atomic E-state index is 5.95. The second-order valence-corrected chi connectivity index (χ2v) is 3.43. The van der Waals surface area contributed by atoms with E-state index in [4.69, 9.17) is 5.73 Å². The molecule has 2 aromatic rings. The summed E-state index contributed by atoms with van der Waals surface area (Å²) in [4.78, 5) is 0. The molecule has 0 fully saturated rings. The van der Waals surface area contributed by atoms with E-state index in [2.05, 4.69) is 19.6 Å². The van der Waals surface area contributed by atoms with Gasteiger partial charge in [-0.15, -0.1) is 0 Å². The van der Waals surface area contributed by atoms with Crippen LogP contribution in [0.15, 0.2) is 36.9 Å². The van der Waals surface area contributed by atoms with Crippen molar-refractivity contribution in [3.63, 3.8) is 0 Å². The van der Waals surface area contributed by atoms with E-state index in [0.717, 1.165) is 16.6 Å². The van der Waals surface area contributed by atoms with Gasteiger partial charge in [-0.05, 0) is 29.5 Å². The fourth-order valence-corrected chi connectivity index (χ4v) is 1.78. The summed E-state index contributed by atoms with van der Waals surface area (Å²) in [6.07, 6.45) is 1.85. The van der Waals surface area contributed by atoms with Gasteiger partial charge in [0.2, 0.25) is 0 Å². The lowest BCUT2D eigenvalue weighted by Crippen LogP contribution is -1.91. The van der Waals surface area contributed by atoms with Crippen LogP contribution in [0.5, 0.6) is 0 Å². The summed E-state index contributed by atoms with van der Waals surface area (Å²) in [6, 6.07) is 10.1. The number of fused-ring (bicyclic) bond motifs is 1. The van der Waals surface area contributed by atoms with Gasteiger partial charge in [0.15, 0.2) is 0 Å². The molecule has 0 aliphatic carbocycles. The van der Waals surface area contributed by atoms with E-state index in [1.54, 1.807) is 0 Å². The van der Waals surface area contributed by atoms with Gasteiger partial charge in [0.05, 0.1) is 0 Å². The minimum absolute atomic E-state index is 0.820. The molecule has 0 heterocycles. The third-order valence-electron chi connectivity index (χ3n) is 2.61. The molecule has 1 nitrogen and oxygen atoms in total. The monoisotopic (exact) mass is 183 g/mol. The number of anilines is 1. The molecule has 2 N–H and O–H groups in total. The van der Waals surface area contributed by atoms with Crippen molar-refractivity contribution < 1.29 is 0 Å². The molecule has 0 unspecified atom stereocenters. The van der Waals surface area contributed by atoms with Gasteiger partial charge in [0.25, 0.3) is 0 Å². The van der Waals surface area contributed by atoms with E-state index in [-0.39, 0.29) is 0 Å². The molecule has 0 atom stereocenters. The Morgan fingerprint density at radius 2 is 1.86 bits per heavy atom. The lowest BCUT2D eigenvalue weighted by molar-refractivity contribution is 1.50. The summed E-state index contributed by atoms with van der Waals surface area (Å²) in [6.45, 7) is 5.88. The van der Waals surface area contributed by atoms with Crippen molar-refractivity contribution in [2.45, 2.75) is 6.92 Å². The van der Waals surface area contributed by atoms with Crippen LogP contribution in [0.2, 0.25) is 0 Å². The number of hydrogen-bond donors (Lipinski definition) is 1. The normalized spacial score (nSPS) is 10.4. The van der Waals surface area contributed by atoms with Crippen LogP contribution in [0, 0.1) is 6.92 Å². The number of aryl methyl sites for hydroxylation is 1. The highest BCUT2D eigenvalue weighted by Crippen LogP contribution is 2.27. The van der Waals surface area contributed by atoms with Crippen LogP contribution in [0.4, 0.5) is 5.69 Å². The summed E-state index contributed by atoms with van der Waals surface area (Å²) in [5.41, 5.74) is 9.13. The van der Waals surface area contributed by atoms with E-state index in [9.17, 15) is 0 Å². The zero-order chi connectivity index (χ0) is 10.1. The van der Waals surface area contributed by atoms with Crippen LogP contribution in [0.1, 0.15) is 11.1 Å². The van der Waals surface area contributed by atoms with Crippen LogP contribution >= 0.6 is 0 Å². The zero-order valence-corrected chi connectivity index (χ0v) is 8.25. The van der Waals surface area contributed by atoms with Gasteiger partial charge in [0, 0.05) is 11.1 Å². The van der Waals surface area contributed by atoms with Gasteiger partial charge in [-0.1, -0.05) is 36.9 Å². The van der Waals surface area contributed by atoms with Crippen molar-refractivity contribution in [2.75, 3.05) is 5.73 Å². The quantitative estimate of drug-likeness (QED) is 0.674. The van der Waals surface area contributed by atoms with Gasteiger partial charge in [-0.2, -0.15) is 0 Å². The highest BCUT2D eigenvalue weighted by Gasteiger charge is 2.03. The molecule has 0 amide bonds. The topological polar surface area (TPSA) is 26.0 Å². The molecule has 0 radical (unpaired) electrons. The van der Waals surface area contributed by atoms with Crippen molar-refractivity contribution in [2.24, 2.45) is 0 Å². The van der Waals surface area contributed by atoms with E-state index in [0.29, 0.717) is 0 Å². The van der Waals surface area contributed by atoms with Gasteiger partial charge in [-0.3, -0.25) is 0 Å². The Labute approximate surface area is 83.9 Å². The van der Waals surface area contributed by atoms with Crippen molar-refractivity contribution in [1.82, 2.24) is 0 Å². The third-order valence-corrected chi connectivity index (χ3v) is 2.61. The number of hydrogen-bond acceptors (Lipinski definition) is 1. The molecule has 0 bridgehead atoms. The van der Waals surface area contributed by atoms with Gasteiger partial charge >= 0.3 is 0 Å². The molecule has 0 saturated heterocycles. The SMILES string of the molecule is C=Cc1cc(N)c2ccccc2c1C. The molecule has 0 spiro atoms. The Hall–Kier alpha value is -1.76. The minimum Gasteiger partial charge on any atom is -0.398 e. The molecule has 2 aromatic carbocycles. The molecule has 0 aliphatic rings. The van der Waals surface area contributed by atoms with Crippen LogP contribution in [-0.4, -0.2) is 0 Å². The van der Waals surface area contributed by atoms with E-state index >= 15 is 0 Å². The molecule has 14 heavy (non-hydrogen) atoms. The van der Waals surface area contributed by atoms with Gasteiger partial charge < -0.3 is 5.73 Å². The predicted molar refractivity (Wildman–Crippen MR) is 63.2 cm³/mol. The molecule has 0 saturated carbocycles. The van der Waals surface area contributed by atoms with E-state index in [1.807, 2.05) is 30.3 Å². The molecule has 0 aromatic heterocycles. The largest absolute Gasteiger partial charge is 0.398 e. The van der Waals surface area contributed by atoms with Crippen molar-refractivity contribution in [3.8, 4) is 0 Å². The standard InChI is InChI=1S/C13H13N/c1-3-10-8-13(14)12-7-5-4-6-11(12)9(10)2/h3-8H,1,14H2,2H3. The summed E-state index contributed by atoms with van der Waals surface area (Å²) >= 11 is 0. The maximum atomic E-state index is 5.95. The highest BCUT2D eigenvalue weighted by atomic mass is 14.6. The first-order valence-corrected chi connectivity index (χ1v) is 4.64. The summed E-state index contributed by atoms with van der Waals surface area (Å²) in [5, 5.41) is 2.33. The first-order valence-electron chi connectivity index (χ1n) is 4.64. The lowest BCUT2D eigenvalue weighted by atomic mass is 9.99. The number of nitrogens with two attached hydrogens (primary N) is 1. The first-order chi connectivity index (χ1) is 6.74. The van der Waals surface area contributed by atoms with Crippen molar-refractivity contribution in [1.29, 1.82) is 0 Å². The van der Waals surface area contributed by atoms with Crippen LogP contribution < -0.4 is 5.73 Å². The van der Waals surface area contributed by atoms with Crippen LogP contribution in [0.25, 0.3) is 16.8 Å². The Morgan fingerprint density at radius 3 is 2.50 bits per heavy atom. The minimum atomic E-state index is 0.820. The average Bonchev–Trinajstić information content (AvgIpc) is 2.23. The Kier molecular flexibility index (Phi) is 2.01. The van der Waals surface area contributed by atoms with Crippen molar-refractivity contribution in [3.05, 3.63) is 48.0 Å². The van der Waals surface area contributed by atoms with E-state index < -0.39 is 0 Å². The molecule has 0 aliphatic heterocycles. The predicted octanol–water partition coefficient (Wildman–Crippen LogP) is 3.37. The number of benzene rings is 2. The second-order valence-electron chi connectivity index (χ2n) is 3.43. The smallest absolute Gasteiger partial charge is 0.0399 e. The fraction of sp³-hybridized carbons (Fsp3) is 0.0769. The average molecular weight is 183 g/mol. The van der Waals surface area contributed by atoms with Crippen LogP contribution in [0.3, 0.4) is 0 Å². The Morgan fingerprint density at radius 1 is 1.21 bits per heavy atom. The number of rotatable bonds is 1. The second kappa shape index (κ2) is 3.18. The molecule has 1 heteroatoms. The van der Waals surface area contributed by atoms with E-state index in [1.165, 1.54) is 10.9 Å². The van der Waals surface area contributed by atoms with Crippen LogP contribution in [-0.2, 0) is 0 Å². The summed E-state index contributed by atoms with van der Waals surface area (Å²) in [5.74, 6) is 0. The first kappa shape index (κ1) is 8.82. The summed E-state index contributed by atoms with van der Waals surface area (Å²) < 4.78 is 0. The molecule has 70 valence electrons. The highest BCUT2D eigenvalue weighted by molar-refractivity contribution is 5.97. The Bertz CT molecular complexity index is 498. The molecular formula is C13H13N. The fourth-order valence-electron chi connectivity index (χ4n) is 1.78.